The lowest BCUT2D eigenvalue weighted by Gasteiger charge is -1.99. The van der Waals surface area contributed by atoms with E-state index in [4.69, 9.17) is 5.73 Å². The fourth-order valence-electron chi connectivity index (χ4n) is 0.356. The minimum Gasteiger partial charge on any atom is -0.389 e. The van der Waals surface area contributed by atoms with Crippen LogP contribution < -0.4 is 5.73 Å². The average Bonchev–Trinajstić information content (AvgIpc) is 1.98. The van der Waals surface area contributed by atoms with E-state index in [9.17, 15) is 0 Å². The summed E-state index contributed by atoms with van der Waals surface area (Å²) in [4.78, 5) is 0.879. The van der Waals surface area contributed by atoms with Gasteiger partial charge in [0.2, 0.25) is 0 Å². The van der Waals surface area contributed by atoms with E-state index in [1.807, 2.05) is 6.92 Å². The molecule has 2 N–H and O–H groups in total. The van der Waals surface area contributed by atoms with Gasteiger partial charge in [0.1, 0.15) is 0 Å². The Morgan fingerprint density at radius 3 is 2.70 bits per heavy atom. The third kappa shape index (κ3) is 3.35. The zero-order chi connectivity index (χ0) is 7.98. The van der Waals surface area contributed by atoms with Gasteiger partial charge in [-0.1, -0.05) is 20.1 Å². The number of nitrogens with two attached hydrogens (primary N) is 1. The molecule has 0 heterocycles. The molecule has 0 radical (unpaired) electrons. The minimum absolute atomic E-state index is 0.879. The van der Waals surface area contributed by atoms with Crippen molar-refractivity contribution in [2.75, 3.05) is 0 Å². The lowest BCUT2D eigenvalue weighted by atomic mass is 10.2. The van der Waals surface area contributed by atoms with Gasteiger partial charge in [-0.15, -0.1) is 0 Å². The van der Waals surface area contributed by atoms with Gasteiger partial charge in [-0.05, 0) is 12.0 Å². The summed E-state index contributed by atoms with van der Waals surface area (Å²) in [5.41, 5.74) is 6.04. The molecule has 0 rings (SSSR count). The van der Waals surface area contributed by atoms with Crippen molar-refractivity contribution >= 4 is 18.3 Å². The SMILES string of the molecule is C=C(CC)C(=C)SN=CN. The summed E-state index contributed by atoms with van der Waals surface area (Å²) in [6, 6.07) is 0. The maximum absolute atomic E-state index is 5.04. The smallest absolute Gasteiger partial charge is 0.0941 e. The molecule has 0 aliphatic heterocycles. The Hall–Kier alpha value is -0.700. The summed E-state index contributed by atoms with van der Waals surface area (Å²) in [6.07, 6.45) is 2.16. The Morgan fingerprint density at radius 2 is 2.30 bits per heavy atom. The van der Waals surface area contributed by atoms with Gasteiger partial charge in [0.15, 0.2) is 0 Å². The predicted octanol–water partition coefficient (Wildman–Crippen LogP) is 2.10. The van der Waals surface area contributed by atoms with Crippen molar-refractivity contribution < 1.29 is 0 Å². The van der Waals surface area contributed by atoms with Crippen LogP contribution in [0.2, 0.25) is 0 Å². The van der Waals surface area contributed by atoms with Crippen molar-refractivity contribution in [1.29, 1.82) is 0 Å². The lowest BCUT2D eigenvalue weighted by Crippen LogP contribution is -1.86. The van der Waals surface area contributed by atoms with Crippen LogP contribution in [0.15, 0.2) is 28.0 Å². The molecule has 0 aromatic heterocycles. The van der Waals surface area contributed by atoms with Crippen LogP contribution in [0.4, 0.5) is 0 Å². The van der Waals surface area contributed by atoms with Crippen LogP contribution in [-0.4, -0.2) is 6.34 Å². The van der Waals surface area contributed by atoms with Gasteiger partial charge in [0.05, 0.1) is 6.34 Å². The molecule has 3 heteroatoms. The molecule has 2 nitrogen and oxygen atoms in total. The monoisotopic (exact) mass is 156 g/mol. The van der Waals surface area contributed by atoms with Gasteiger partial charge in [-0.3, -0.25) is 0 Å². The maximum Gasteiger partial charge on any atom is 0.0941 e. The Labute approximate surface area is 66.0 Å². The standard InChI is InChI=1S/C7H12N2S/c1-4-6(2)7(3)10-9-5-8/h5H,2-4H2,1H3,(H2,8,9). The fourth-order valence-corrected chi connectivity index (χ4v) is 0.817. The van der Waals surface area contributed by atoms with E-state index in [0.717, 1.165) is 16.9 Å². The molecule has 0 unspecified atom stereocenters. The molecule has 0 atom stereocenters. The molecular weight excluding hydrogens is 144 g/mol. The van der Waals surface area contributed by atoms with Gasteiger partial charge in [-0.25, -0.2) is 4.40 Å². The molecule has 0 aromatic rings. The number of hydrogen-bond acceptors (Lipinski definition) is 2. The molecule has 56 valence electrons. The topological polar surface area (TPSA) is 38.4 Å². The zero-order valence-corrected chi connectivity index (χ0v) is 6.95. The van der Waals surface area contributed by atoms with E-state index in [1.165, 1.54) is 18.3 Å². The average molecular weight is 156 g/mol. The van der Waals surface area contributed by atoms with Gasteiger partial charge < -0.3 is 5.73 Å². The third-order valence-electron chi connectivity index (χ3n) is 1.04. The number of nitrogens with zero attached hydrogens (tertiary/aromatic N) is 1. The molecule has 0 aromatic carbocycles. The number of rotatable bonds is 4. The van der Waals surface area contributed by atoms with Crippen molar-refractivity contribution in [3.8, 4) is 0 Å². The summed E-state index contributed by atoms with van der Waals surface area (Å²) in [7, 11) is 0. The predicted molar refractivity (Wildman–Crippen MR) is 48.8 cm³/mol. The lowest BCUT2D eigenvalue weighted by molar-refractivity contribution is 1.15. The largest absolute Gasteiger partial charge is 0.389 e. The Balaban J connectivity index is 3.74. The molecule has 0 spiro atoms. The van der Waals surface area contributed by atoms with Crippen LogP contribution in [0.5, 0.6) is 0 Å². The Bertz CT molecular complexity index is 161. The van der Waals surface area contributed by atoms with Crippen LogP contribution in [0, 0.1) is 0 Å². The molecule has 0 aliphatic rings. The highest BCUT2D eigenvalue weighted by molar-refractivity contribution is 8.02. The summed E-state index contributed by atoms with van der Waals surface area (Å²) in [5, 5.41) is 0. The second-order valence-electron chi connectivity index (χ2n) is 1.73. The molecule has 0 amide bonds. The highest BCUT2D eigenvalue weighted by Gasteiger charge is 1.95. The van der Waals surface area contributed by atoms with Gasteiger partial charge in [-0.2, -0.15) is 0 Å². The zero-order valence-electron chi connectivity index (χ0n) is 6.13. The van der Waals surface area contributed by atoms with Crippen LogP contribution in [0.1, 0.15) is 13.3 Å². The molecule has 0 saturated carbocycles. The Kier molecular flexibility index (Phi) is 4.76. The molecule has 0 fully saturated rings. The van der Waals surface area contributed by atoms with Crippen LogP contribution in [0.25, 0.3) is 0 Å². The number of allylic oxidation sites excluding steroid dienone is 1. The van der Waals surface area contributed by atoms with E-state index in [1.54, 1.807) is 0 Å². The number of hydrogen-bond donors (Lipinski definition) is 1. The van der Waals surface area contributed by atoms with E-state index < -0.39 is 0 Å². The second-order valence-corrected chi connectivity index (χ2v) is 2.61. The van der Waals surface area contributed by atoms with Crippen molar-refractivity contribution in [2.45, 2.75) is 13.3 Å². The van der Waals surface area contributed by atoms with E-state index in [2.05, 4.69) is 17.6 Å². The third-order valence-corrected chi connectivity index (χ3v) is 1.78. The second kappa shape index (κ2) is 5.11. The van der Waals surface area contributed by atoms with Crippen molar-refractivity contribution in [3.63, 3.8) is 0 Å². The van der Waals surface area contributed by atoms with Crippen LogP contribution >= 0.6 is 11.9 Å². The maximum atomic E-state index is 5.04. The van der Waals surface area contributed by atoms with Gasteiger partial charge in [0.25, 0.3) is 0 Å². The first-order chi connectivity index (χ1) is 4.72. The molecule has 0 bridgehead atoms. The van der Waals surface area contributed by atoms with Crippen molar-refractivity contribution in [3.05, 3.63) is 23.6 Å². The quantitative estimate of drug-likeness (QED) is 0.293. The summed E-state index contributed by atoms with van der Waals surface area (Å²) < 4.78 is 3.75. The summed E-state index contributed by atoms with van der Waals surface area (Å²) >= 11 is 1.26. The minimum atomic E-state index is 0.879. The molecule has 0 saturated heterocycles. The van der Waals surface area contributed by atoms with E-state index in [-0.39, 0.29) is 0 Å². The highest BCUT2D eigenvalue weighted by Crippen LogP contribution is 2.22. The molecule has 10 heavy (non-hydrogen) atoms. The van der Waals surface area contributed by atoms with Crippen LogP contribution in [-0.2, 0) is 0 Å². The van der Waals surface area contributed by atoms with Crippen molar-refractivity contribution in [2.24, 2.45) is 10.1 Å². The molecular formula is C7H12N2S. The van der Waals surface area contributed by atoms with Gasteiger partial charge in [0, 0.05) is 16.9 Å². The van der Waals surface area contributed by atoms with E-state index in [0.29, 0.717) is 0 Å². The van der Waals surface area contributed by atoms with Crippen LogP contribution in [0.3, 0.4) is 0 Å². The fraction of sp³-hybridized carbons (Fsp3) is 0.286. The van der Waals surface area contributed by atoms with Gasteiger partial charge >= 0.3 is 0 Å². The van der Waals surface area contributed by atoms with E-state index >= 15 is 0 Å². The first-order valence-electron chi connectivity index (χ1n) is 3.00. The Morgan fingerprint density at radius 1 is 1.70 bits per heavy atom. The molecule has 0 aliphatic carbocycles. The first kappa shape index (κ1) is 9.30. The highest BCUT2D eigenvalue weighted by atomic mass is 32.2. The summed E-state index contributed by atoms with van der Waals surface area (Å²) in [6.45, 7) is 9.58. The normalized spacial score (nSPS) is 10.1. The summed E-state index contributed by atoms with van der Waals surface area (Å²) in [5.74, 6) is 0. The first-order valence-corrected chi connectivity index (χ1v) is 3.77. The van der Waals surface area contributed by atoms with Crippen molar-refractivity contribution in [1.82, 2.24) is 0 Å².